The first-order valence-electron chi connectivity index (χ1n) is 8.37. The van der Waals surface area contributed by atoms with Crippen LogP contribution in [0.1, 0.15) is 25.5 Å². The average Bonchev–Trinajstić information content (AvgIpc) is 2.66. The first kappa shape index (κ1) is 19.9. The lowest BCUT2D eigenvalue weighted by molar-refractivity contribution is -0.121. The van der Waals surface area contributed by atoms with Crippen LogP contribution in [0.4, 0.5) is 0 Å². The first-order valence-corrected chi connectivity index (χ1v) is 9.81. The van der Waals surface area contributed by atoms with Gasteiger partial charge in [-0.25, -0.2) is 8.42 Å². The van der Waals surface area contributed by atoms with Crippen LogP contribution >= 0.6 is 0 Å². The number of carbonyl (C=O) groups excluding carboxylic acids is 1. The van der Waals surface area contributed by atoms with Crippen molar-refractivity contribution in [3.63, 3.8) is 0 Å². The molecule has 0 aromatic heterocycles. The van der Waals surface area contributed by atoms with Crippen molar-refractivity contribution in [2.45, 2.75) is 24.8 Å². The van der Waals surface area contributed by atoms with E-state index in [-0.39, 0.29) is 29.9 Å². The summed E-state index contributed by atoms with van der Waals surface area (Å²) in [6, 6.07) is 15.4. The summed E-state index contributed by atoms with van der Waals surface area (Å²) in [5.41, 5.74) is 0.960. The Morgan fingerprint density at radius 2 is 1.73 bits per heavy atom. The van der Waals surface area contributed by atoms with Crippen LogP contribution in [0, 0.1) is 0 Å². The molecule has 0 heterocycles. The quantitative estimate of drug-likeness (QED) is 0.768. The van der Waals surface area contributed by atoms with Crippen molar-refractivity contribution in [2.75, 3.05) is 20.2 Å². The maximum Gasteiger partial charge on any atom is 0.243 e. The van der Waals surface area contributed by atoms with Gasteiger partial charge in [-0.1, -0.05) is 37.3 Å². The van der Waals surface area contributed by atoms with E-state index in [0.717, 1.165) is 9.87 Å². The summed E-state index contributed by atoms with van der Waals surface area (Å²) in [5.74, 6) is 0.224. The molecule has 0 unspecified atom stereocenters. The van der Waals surface area contributed by atoms with Crippen LogP contribution in [0.2, 0.25) is 0 Å². The van der Waals surface area contributed by atoms with Gasteiger partial charge in [0, 0.05) is 6.54 Å². The van der Waals surface area contributed by atoms with E-state index in [1.165, 1.54) is 19.2 Å². The van der Waals surface area contributed by atoms with Gasteiger partial charge in [-0.05, 0) is 36.8 Å². The molecule has 6 nitrogen and oxygen atoms in total. The Balaban J connectivity index is 2.08. The van der Waals surface area contributed by atoms with Crippen molar-refractivity contribution >= 4 is 15.9 Å². The van der Waals surface area contributed by atoms with Gasteiger partial charge in [0.15, 0.2) is 0 Å². The van der Waals surface area contributed by atoms with Gasteiger partial charge in [-0.15, -0.1) is 0 Å². The molecule has 2 aromatic rings. The third-order valence-electron chi connectivity index (χ3n) is 4.05. The van der Waals surface area contributed by atoms with Crippen molar-refractivity contribution in [1.82, 2.24) is 9.62 Å². The lowest BCUT2D eigenvalue weighted by Crippen LogP contribution is -2.41. The molecule has 140 valence electrons. The summed E-state index contributed by atoms with van der Waals surface area (Å²) in [6.45, 7) is 3.53. The second kappa shape index (κ2) is 8.82. The highest BCUT2D eigenvalue weighted by Crippen LogP contribution is 2.19. The van der Waals surface area contributed by atoms with E-state index >= 15 is 0 Å². The number of hydrogen-bond acceptors (Lipinski definition) is 4. The second-order valence-electron chi connectivity index (χ2n) is 5.81. The highest BCUT2D eigenvalue weighted by molar-refractivity contribution is 7.89. The molecule has 0 saturated heterocycles. The number of sulfonamides is 1. The summed E-state index contributed by atoms with van der Waals surface area (Å²) >= 11 is 0. The molecule has 0 aliphatic heterocycles. The van der Waals surface area contributed by atoms with E-state index in [9.17, 15) is 13.2 Å². The molecule has 0 aliphatic carbocycles. The summed E-state index contributed by atoms with van der Waals surface area (Å²) in [5, 5.41) is 2.84. The lowest BCUT2D eigenvalue weighted by Gasteiger charge is -2.22. The predicted octanol–water partition coefficient (Wildman–Crippen LogP) is 2.58. The second-order valence-corrected chi connectivity index (χ2v) is 7.74. The Bertz CT molecular complexity index is 820. The zero-order chi connectivity index (χ0) is 19.2. The van der Waals surface area contributed by atoms with Crippen LogP contribution in [0.25, 0.3) is 0 Å². The number of nitrogens with zero attached hydrogens (tertiary/aromatic N) is 1. The lowest BCUT2D eigenvalue weighted by atomic mass is 10.1. The normalized spacial score (nSPS) is 12.6. The summed E-state index contributed by atoms with van der Waals surface area (Å²) < 4.78 is 31.7. The number of methoxy groups -OCH3 is 1. The SMILES string of the molecule is CCN(CC(=O)N[C@H](C)c1ccccc1)S(=O)(=O)c1ccc(OC)cc1. The Kier molecular flexibility index (Phi) is 6.76. The highest BCUT2D eigenvalue weighted by Gasteiger charge is 2.25. The number of nitrogens with one attached hydrogen (secondary N) is 1. The predicted molar refractivity (Wildman–Crippen MR) is 100 cm³/mol. The Morgan fingerprint density at radius 3 is 2.27 bits per heavy atom. The van der Waals surface area contributed by atoms with Gasteiger partial charge in [0.1, 0.15) is 5.75 Å². The molecule has 0 saturated carbocycles. The number of amides is 1. The van der Waals surface area contributed by atoms with Gasteiger partial charge in [0.25, 0.3) is 0 Å². The van der Waals surface area contributed by atoms with Crippen molar-refractivity contribution in [2.24, 2.45) is 0 Å². The molecule has 1 atom stereocenters. The van der Waals surface area contributed by atoms with E-state index in [1.54, 1.807) is 19.1 Å². The maximum absolute atomic E-state index is 12.8. The molecular weight excluding hydrogens is 352 g/mol. The van der Waals surface area contributed by atoms with Gasteiger partial charge in [-0.3, -0.25) is 4.79 Å². The first-order chi connectivity index (χ1) is 12.4. The van der Waals surface area contributed by atoms with Crippen LogP contribution in [0.3, 0.4) is 0 Å². The third kappa shape index (κ3) is 4.83. The molecule has 2 rings (SSSR count). The highest BCUT2D eigenvalue weighted by atomic mass is 32.2. The molecule has 26 heavy (non-hydrogen) atoms. The van der Waals surface area contributed by atoms with Gasteiger partial charge in [-0.2, -0.15) is 4.31 Å². The van der Waals surface area contributed by atoms with Crippen LogP contribution in [-0.2, 0) is 14.8 Å². The van der Waals surface area contributed by atoms with Gasteiger partial charge < -0.3 is 10.1 Å². The fourth-order valence-electron chi connectivity index (χ4n) is 2.54. The monoisotopic (exact) mass is 376 g/mol. The summed E-state index contributed by atoms with van der Waals surface area (Å²) in [7, 11) is -2.24. The van der Waals surface area contributed by atoms with Crippen molar-refractivity contribution < 1.29 is 17.9 Å². The van der Waals surface area contributed by atoms with Crippen molar-refractivity contribution in [1.29, 1.82) is 0 Å². The van der Waals surface area contributed by atoms with Gasteiger partial charge in [0.05, 0.1) is 24.6 Å². The molecule has 7 heteroatoms. The van der Waals surface area contributed by atoms with E-state index < -0.39 is 10.0 Å². The van der Waals surface area contributed by atoms with E-state index in [2.05, 4.69) is 5.32 Å². The van der Waals surface area contributed by atoms with E-state index in [0.29, 0.717) is 5.75 Å². The number of benzene rings is 2. The summed E-state index contributed by atoms with van der Waals surface area (Å²) in [4.78, 5) is 12.5. The molecule has 1 amide bonds. The molecule has 1 N–H and O–H groups in total. The van der Waals surface area contributed by atoms with E-state index in [4.69, 9.17) is 4.74 Å². The topological polar surface area (TPSA) is 75.7 Å². The Labute approximate surface area is 154 Å². The number of rotatable bonds is 8. The minimum Gasteiger partial charge on any atom is -0.497 e. The fraction of sp³-hybridized carbons (Fsp3) is 0.316. The molecular formula is C19H24N2O4S. The molecule has 0 fully saturated rings. The van der Waals surface area contributed by atoms with E-state index in [1.807, 2.05) is 37.3 Å². The number of likely N-dealkylation sites (N-methyl/N-ethyl adjacent to an activating group) is 1. The van der Waals surface area contributed by atoms with Crippen LogP contribution in [-0.4, -0.2) is 38.8 Å². The zero-order valence-corrected chi connectivity index (χ0v) is 16.0. The van der Waals surface area contributed by atoms with Gasteiger partial charge >= 0.3 is 0 Å². The zero-order valence-electron chi connectivity index (χ0n) is 15.2. The Hall–Kier alpha value is -2.38. The molecule has 0 bridgehead atoms. The fourth-order valence-corrected chi connectivity index (χ4v) is 3.94. The molecule has 2 aromatic carbocycles. The average molecular weight is 376 g/mol. The number of hydrogen-bond donors (Lipinski definition) is 1. The third-order valence-corrected chi connectivity index (χ3v) is 5.98. The maximum atomic E-state index is 12.8. The molecule has 0 aliphatic rings. The number of ether oxygens (including phenoxy) is 1. The minimum absolute atomic E-state index is 0.129. The standard InChI is InChI=1S/C19H24N2O4S/c1-4-21(26(23,24)18-12-10-17(25-3)11-13-18)14-19(22)20-15(2)16-8-6-5-7-9-16/h5-13,15H,4,14H2,1-3H3,(H,20,22)/t15-/m1/s1. The number of carbonyl (C=O) groups is 1. The smallest absolute Gasteiger partial charge is 0.243 e. The molecule has 0 radical (unpaired) electrons. The largest absolute Gasteiger partial charge is 0.497 e. The van der Waals surface area contributed by atoms with Crippen molar-refractivity contribution in [3.05, 3.63) is 60.2 Å². The van der Waals surface area contributed by atoms with Crippen LogP contribution in [0.15, 0.2) is 59.5 Å². The van der Waals surface area contributed by atoms with Crippen LogP contribution < -0.4 is 10.1 Å². The van der Waals surface area contributed by atoms with Crippen LogP contribution in [0.5, 0.6) is 5.75 Å². The van der Waals surface area contributed by atoms with Gasteiger partial charge in [0.2, 0.25) is 15.9 Å². The summed E-state index contributed by atoms with van der Waals surface area (Å²) in [6.07, 6.45) is 0. The Morgan fingerprint density at radius 1 is 1.12 bits per heavy atom. The van der Waals surface area contributed by atoms with Crippen molar-refractivity contribution in [3.8, 4) is 5.75 Å². The molecule has 0 spiro atoms. The minimum atomic E-state index is -3.75.